The molecular formula is C12H15N5OS. The van der Waals surface area contributed by atoms with Crippen LogP contribution < -0.4 is 10.5 Å². The largest absolute Gasteiger partial charge is 0.493 e. The fourth-order valence-electron chi connectivity index (χ4n) is 1.43. The van der Waals surface area contributed by atoms with Crippen LogP contribution in [0.25, 0.3) is 0 Å². The summed E-state index contributed by atoms with van der Waals surface area (Å²) in [5.41, 5.74) is 6.07. The number of rotatable bonds is 6. The van der Waals surface area contributed by atoms with Gasteiger partial charge in [-0.25, -0.2) is 0 Å². The van der Waals surface area contributed by atoms with Crippen molar-refractivity contribution in [1.82, 2.24) is 14.8 Å². The zero-order valence-electron chi connectivity index (χ0n) is 10.5. The van der Waals surface area contributed by atoms with Gasteiger partial charge in [0.1, 0.15) is 17.9 Å². The van der Waals surface area contributed by atoms with E-state index >= 15 is 0 Å². The molecule has 2 aromatic rings. The van der Waals surface area contributed by atoms with E-state index in [9.17, 15) is 0 Å². The van der Waals surface area contributed by atoms with Crippen LogP contribution in [0.2, 0.25) is 0 Å². The standard InChI is InChI=1S/C12H15N5OS/c1-17-8-15-16-12(17)19-7-6-18-10-4-2-9(3-5-10)11(13)14/h2-5,8H,6-7H2,1H3,(H3,13,14). The first-order valence-corrected chi connectivity index (χ1v) is 6.69. The Morgan fingerprint density at radius 2 is 2.16 bits per heavy atom. The van der Waals surface area contributed by atoms with Crippen LogP contribution >= 0.6 is 11.8 Å². The highest BCUT2D eigenvalue weighted by Gasteiger charge is 2.02. The summed E-state index contributed by atoms with van der Waals surface area (Å²) in [6, 6.07) is 7.16. The second-order valence-corrected chi connectivity index (χ2v) is 4.92. The second-order valence-electron chi connectivity index (χ2n) is 3.86. The lowest BCUT2D eigenvalue weighted by molar-refractivity contribution is 0.344. The van der Waals surface area contributed by atoms with Crippen molar-refractivity contribution in [3.63, 3.8) is 0 Å². The Bertz CT molecular complexity index is 552. The van der Waals surface area contributed by atoms with Crippen molar-refractivity contribution in [2.75, 3.05) is 12.4 Å². The summed E-state index contributed by atoms with van der Waals surface area (Å²) in [6.45, 7) is 0.580. The fraction of sp³-hybridized carbons (Fsp3) is 0.250. The van der Waals surface area contributed by atoms with E-state index in [2.05, 4.69) is 10.2 Å². The van der Waals surface area contributed by atoms with Crippen molar-refractivity contribution in [3.05, 3.63) is 36.2 Å². The Morgan fingerprint density at radius 3 is 2.74 bits per heavy atom. The zero-order chi connectivity index (χ0) is 13.7. The van der Waals surface area contributed by atoms with Crippen LogP contribution in [0, 0.1) is 5.41 Å². The molecule has 19 heavy (non-hydrogen) atoms. The molecule has 0 radical (unpaired) electrons. The first-order valence-electron chi connectivity index (χ1n) is 5.71. The molecule has 0 fully saturated rings. The molecule has 6 nitrogen and oxygen atoms in total. The topological polar surface area (TPSA) is 89.8 Å². The van der Waals surface area contributed by atoms with Crippen molar-refractivity contribution in [2.45, 2.75) is 5.16 Å². The maximum atomic E-state index is 7.29. The lowest BCUT2D eigenvalue weighted by atomic mass is 10.2. The lowest BCUT2D eigenvalue weighted by Crippen LogP contribution is -2.10. The van der Waals surface area contributed by atoms with E-state index in [-0.39, 0.29) is 5.84 Å². The number of benzene rings is 1. The molecule has 2 rings (SSSR count). The summed E-state index contributed by atoms with van der Waals surface area (Å²) in [5.74, 6) is 1.62. The minimum Gasteiger partial charge on any atom is -0.493 e. The third-order valence-electron chi connectivity index (χ3n) is 2.42. The molecule has 0 unspecified atom stereocenters. The first kappa shape index (κ1) is 13.4. The smallest absolute Gasteiger partial charge is 0.190 e. The van der Waals surface area contributed by atoms with Crippen molar-refractivity contribution in [3.8, 4) is 5.75 Å². The number of nitrogens with one attached hydrogen (secondary N) is 1. The summed E-state index contributed by atoms with van der Waals surface area (Å²) in [4.78, 5) is 0. The number of aromatic nitrogens is 3. The van der Waals surface area contributed by atoms with Gasteiger partial charge in [0, 0.05) is 18.4 Å². The Labute approximate surface area is 115 Å². The number of nitrogens with zero attached hydrogens (tertiary/aromatic N) is 3. The third-order valence-corrected chi connectivity index (χ3v) is 3.42. The maximum Gasteiger partial charge on any atom is 0.190 e. The van der Waals surface area contributed by atoms with Crippen LogP contribution in [0.3, 0.4) is 0 Å². The molecule has 7 heteroatoms. The van der Waals surface area contributed by atoms with E-state index in [1.165, 1.54) is 0 Å². The predicted octanol–water partition coefficient (Wildman–Crippen LogP) is 1.27. The molecule has 0 atom stereocenters. The molecule has 0 saturated heterocycles. The SMILES string of the molecule is Cn1cnnc1SCCOc1ccc(C(=N)N)cc1. The molecule has 0 aliphatic carbocycles. The number of hydrogen-bond acceptors (Lipinski definition) is 5. The van der Waals surface area contributed by atoms with E-state index in [1.54, 1.807) is 30.2 Å². The number of nitrogens with two attached hydrogens (primary N) is 1. The van der Waals surface area contributed by atoms with Crippen LogP contribution in [0.5, 0.6) is 5.75 Å². The Kier molecular flexibility index (Phi) is 4.40. The maximum absolute atomic E-state index is 7.29. The number of hydrogen-bond donors (Lipinski definition) is 2. The van der Waals surface area contributed by atoms with Crippen molar-refractivity contribution >= 4 is 17.6 Å². The summed E-state index contributed by atoms with van der Waals surface area (Å²) >= 11 is 1.59. The molecule has 0 aliphatic heterocycles. The van der Waals surface area contributed by atoms with Crippen LogP contribution in [-0.4, -0.2) is 33.0 Å². The van der Waals surface area contributed by atoms with Gasteiger partial charge in [-0.3, -0.25) is 5.41 Å². The van der Waals surface area contributed by atoms with E-state index in [1.807, 2.05) is 23.7 Å². The molecule has 0 amide bonds. The highest BCUT2D eigenvalue weighted by Crippen LogP contribution is 2.15. The molecule has 1 heterocycles. The van der Waals surface area contributed by atoms with Gasteiger partial charge in [0.2, 0.25) is 0 Å². The minimum absolute atomic E-state index is 0.0596. The van der Waals surface area contributed by atoms with Crippen molar-refractivity contribution in [1.29, 1.82) is 5.41 Å². The monoisotopic (exact) mass is 277 g/mol. The Morgan fingerprint density at radius 1 is 1.42 bits per heavy atom. The lowest BCUT2D eigenvalue weighted by Gasteiger charge is -2.06. The van der Waals surface area contributed by atoms with Gasteiger partial charge in [-0.1, -0.05) is 11.8 Å². The van der Waals surface area contributed by atoms with Crippen LogP contribution in [0.1, 0.15) is 5.56 Å². The van der Waals surface area contributed by atoms with Gasteiger partial charge in [-0.2, -0.15) is 0 Å². The number of aryl methyl sites for hydroxylation is 1. The second kappa shape index (κ2) is 6.24. The average molecular weight is 277 g/mol. The van der Waals surface area contributed by atoms with E-state index < -0.39 is 0 Å². The Balaban J connectivity index is 1.76. The molecule has 1 aromatic carbocycles. The normalized spacial score (nSPS) is 10.4. The quantitative estimate of drug-likeness (QED) is 0.359. The molecule has 0 saturated carbocycles. The van der Waals surface area contributed by atoms with Gasteiger partial charge in [0.05, 0.1) is 6.61 Å². The number of thioether (sulfide) groups is 1. The third kappa shape index (κ3) is 3.72. The Hall–Kier alpha value is -2.02. The van der Waals surface area contributed by atoms with Gasteiger partial charge < -0.3 is 15.0 Å². The van der Waals surface area contributed by atoms with Crippen LogP contribution in [0.15, 0.2) is 35.7 Å². The summed E-state index contributed by atoms with van der Waals surface area (Å²) in [6.07, 6.45) is 1.67. The predicted molar refractivity (Wildman–Crippen MR) is 74.7 cm³/mol. The first-order chi connectivity index (χ1) is 9.16. The molecule has 0 bridgehead atoms. The highest BCUT2D eigenvalue weighted by atomic mass is 32.2. The summed E-state index contributed by atoms with van der Waals surface area (Å²) in [5, 5.41) is 15.9. The molecule has 0 aliphatic rings. The molecule has 100 valence electrons. The molecule has 3 N–H and O–H groups in total. The molecular weight excluding hydrogens is 262 g/mol. The van der Waals surface area contributed by atoms with Crippen molar-refractivity contribution in [2.24, 2.45) is 12.8 Å². The van der Waals surface area contributed by atoms with Crippen LogP contribution in [-0.2, 0) is 7.05 Å². The molecule has 1 aromatic heterocycles. The average Bonchev–Trinajstić information content (AvgIpc) is 2.81. The van der Waals surface area contributed by atoms with Gasteiger partial charge in [0.25, 0.3) is 0 Å². The van der Waals surface area contributed by atoms with E-state index in [0.29, 0.717) is 12.2 Å². The van der Waals surface area contributed by atoms with Crippen molar-refractivity contribution < 1.29 is 4.74 Å². The highest BCUT2D eigenvalue weighted by molar-refractivity contribution is 7.99. The summed E-state index contributed by atoms with van der Waals surface area (Å²) < 4.78 is 7.46. The van der Waals surface area contributed by atoms with Crippen LogP contribution in [0.4, 0.5) is 0 Å². The minimum atomic E-state index is 0.0596. The number of ether oxygens (including phenoxy) is 1. The fourth-order valence-corrected chi connectivity index (χ4v) is 2.13. The number of amidine groups is 1. The van der Waals surface area contributed by atoms with Gasteiger partial charge in [-0.15, -0.1) is 10.2 Å². The van der Waals surface area contributed by atoms with E-state index in [4.69, 9.17) is 15.9 Å². The number of nitrogen functional groups attached to an aromatic ring is 1. The van der Waals surface area contributed by atoms with Gasteiger partial charge in [0.15, 0.2) is 5.16 Å². The van der Waals surface area contributed by atoms with Gasteiger partial charge >= 0.3 is 0 Å². The zero-order valence-corrected chi connectivity index (χ0v) is 11.4. The molecule has 0 spiro atoms. The van der Waals surface area contributed by atoms with E-state index in [0.717, 1.165) is 16.7 Å². The summed E-state index contributed by atoms with van der Waals surface area (Å²) in [7, 11) is 1.91. The van der Waals surface area contributed by atoms with Gasteiger partial charge in [-0.05, 0) is 24.3 Å².